The molecule has 27 heavy (non-hydrogen) atoms. The minimum Gasteiger partial charge on any atom is -0.494 e. The monoisotopic (exact) mass is 369 g/mol. The zero-order chi connectivity index (χ0) is 19.1. The van der Waals surface area contributed by atoms with Crippen molar-refractivity contribution in [2.24, 2.45) is 5.92 Å². The molecule has 1 aromatic carbocycles. The number of pyridine rings is 1. The molecule has 0 atom stereocenters. The van der Waals surface area contributed by atoms with Crippen molar-refractivity contribution in [2.75, 3.05) is 13.2 Å². The molecule has 0 aliphatic heterocycles. The number of amides is 1. The Kier molecular flexibility index (Phi) is 6.69. The molecular weight excluding hydrogens is 340 g/mol. The number of carbonyl (C=O) groups is 1. The summed E-state index contributed by atoms with van der Waals surface area (Å²) in [6, 6.07) is 11.3. The van der Waals surface area contributed by atoms with Crippen molar-refractivity contribution >= 4 is 5.91 Å². The van der Waals surface area contributed by atoms with E-state index < -0.39 is 0 Å². The Hall–Kier alpha value is -2.56. The molecule has 1 aromatic heterocycles. The van der Waals surface area contributed by atoms with Crippen LogP contribution in [0.25, 0.3) is 11.3 Å². The number of nitrogens with one attached hydrogen (secondary N) is 1. The largest absolute Gasteiger partial charge is 0.494 e. The zero-order valence-electron chi connectivity index (χ0n) is 16.0. The average Bonchev–Trinajstić information content (AvgIpc) is 3.16. The van der Waals surface area contributed by atoms with Crippen LogP contribution in [0.1, 0.15) is 44.6 Å². The Balaban J connectivity index is 1.54. The summed E-state index contributed by atoms with van der Waals surface area (Å²) in [5.41, 5.74) is 2.34. The Morgan fingerprint density at radius 2 is 1.93 bits per heavy atom. The third kappa shape index (κ3) is 5.46. The average molecular weight is 369 g/mol. The van der Waals surface area contributed by atoms with Crippen LogP contribution in [-0.2, 0) is 11.2 Å². The summed E-state index contributed by atoms with van der Waals surface area (Å²) in [6.45, 7) is 3.31. The van der Waals surface area contributed by atoms with Crippen molar-refractivity contribution in [3.8, 4) is 17.0 Å². The Morgan fingerprint density at radius 1 is 1.19 bits per heavy atom. The van der Waals surface area contributed by atoms with Crippen LogP contribution in [-0.4, -0.2) is 24.3 Å². The summed E-state index contributed by atoms with van der Waals surface area (Å²) in [5.74, 6) is 1.58. The van der Waals surface area contributed by atoms with Gasteiger partial charge in [0.05, 0.1) is 18.6 Å². The second-order valence-electron chi connectivity index (χ2n) is 7.19. The highest BCUT2D eigenvalue weighted by Gasteiger charge is 2.17. The highest BCUT2D eigenvalue weighted by Crippen LogP contribution is 2.26. The van der Waals surface area contributed by atoms with E-state index in [1.165, 1.54) is 25.7 Å². The molecule has 0 radical (unpaired) electrons. The number of aromatic nitrogens is 1. The predicted molar refractivity (Wildman–Crippen MR) is 104 cm³/mol. The molecule has 0 bridgehead atoms. The maximum atomic E-state index is 12.1. The van der Waals surface area contributed by atoms with Gasteiger partial charge in [-0.2, -0.15) is 0 Å². The Labute approximate surface area is 160 Å². The zero-order valence-corrected chi connectivity index (χ0v) is 16.0. The highest BCUT2D eigenvalue weighted by atomic mass is 16.5. The fraction of sp³-hybridized carbons (Fsp3) is 0.455. The van der Waals surface area contributed by atoms with Gasteiger partial charge in [0.15, 0.2) is 0 Å². The predicted octanol–water partition coefficient (Wildman–Crippen LogP) is 3.52. The van der Waals surface area contributed by atoms with Gasteiger partial charge in [-0.3, -0.25) is 10.0 Å². The highest BCUT2D eigenvalue weighted by molar-refractivity contribution is 5.78. The minimum absolute atomic E-state index is 0.00168. The second kappa shape index (κ2) is 9.40. The van der Waals surface area contributed by atoms with Crippen molar-refractivity contribution in [1.82, 2.24) is 5.32 Å². The van der Waals surface area contributed by atoms with Crippen molar-refractivity contribution < 1.29 is 19.5 Å². The van der Waals surface area contributed by atoms with Gasteiger partial charge in [-0.25, -0.2) is 0 Å². The van der Waals surface area contributed by atoms with Crippen LogP contribution in [0.2, 0.25) is 0 Å². The molecule has 1 aliphatic rings. The van der Waals surface area contributed by atoms with E-state index in [0.717, 1.165) is 40.5 Å². The third-order valence-electron chi connectivity index (χ3n) is 5.17. The van der Waals surface area contributed by atoms with Crippen LogP contribution >= 0.6 is 0 Å². The lowest BCUT2D eigenvalue weighted by Gasteiger charge is -2.09. The SMILES string of the molecule is CCOc1ccc(-c2ccc(CC(=O)NCCC3CCCC3)c[n+]2O)cc1. The molecule has 3 rings (SSSR count). The molecule has 5 heteroatoms. The van der Waals surface area contributed by atoms with Gasteiger partial charge in [0.25, 0.3) is 5.69 Å². The molecular formula is C22H29N2O3+. The van der Waals surface area contributed by atoms with Crippen LogP contribution in [0, 0.1) is 5.92 Å². The Morgan fingerprint density at radius 3 is 2.59 bits per heavy atom. The Bertz CT molecular complexity index is 753. The lowest BCUT2D eigenvalue weighted by atomic mass is 10.0. The topological polar surface area (TPSA) is 62.4 Å². The standard InChI is InChI=1S/C22H28N2O3/c1-2-27-20-10-8-19(9-11-20)21-12-7-18(16-24(21)26)15-22(25)23-14-13-17-5-3-4-6-17/h7-12,16-17H,2-6,13-15H2,1H3,(H-,23,25,26)/p+1. The van der Waals surface area contributed by atoms with Crippen LogP contribution in [0.3, 0.4) is 0 Å². The number of hydrogen-bond acceptors (Lipinski definition) is 3. The summed E-state index contributed by atoms with van der Waals surface area (Å²) >= 11 is 0. The van der Waals surface area contributed by atoms with Gasteiger partial charge < -0.3 is 10.1 Å². The summed E-state index contributed by atoms with van der Waals surface area (Å²) in [4.78, 5) is 12.1. The van der Waals surface area contributed by atoms with E-state index in [1.807, 2.05) is 43.3 Å². The molecule has 0 spiro atoms. The molecule has 1 aliphatic carbocycles. The first-order valence-corrected chi connectivity index (χ1v) is 9.89. The van der Waals surface area contributed by atoms with Gasteiger partial charge in [-0.1, -0.05) is 25.7 Å². The molecule has 2 aromatic rings. The number of carbonyl (C=O) groups excluding carboxylic acids is 1. The van der Waals surface area contributed by atoms with E-state index >= 15 is 0 Å². The number of hydrogen-bond donors (Lipinski definition) is 2. The second-order valence-corrected chi connectivity index (χ2v) is 7.19. The van der Waals surface area contributed by atoms with Crippen molar-refractivity contribution in [3.63, 3.8) is 0 Å². The maximum absolute atomic E-state index is 12.1. The lowest BCUT2D eigenvalue weighted by molar-refractivity contribution is -0.896. The minimum atomic E-state index is 0.00168. The first-order valence-electron chi connectivity index (χ1n) is 9.89. The van der Waals surface area contributed by atoms with Gasteiger partial charge in [-0.05, 0) is 49.6 Å². The summed E-state index contributed by atoms with van der Waals surface area (Å²) in [6.07, 6.45) is 8.20. The van der Waals surface area contributed by atoms with Gasteiger partial charge in [0, 0.05) is 22.9 Å². The van der Waals surface area contributed by atoms with Gasteiger partial charge >= 0.3 is 0 Å². The molecule has 5 nitrogen and oxygen atoms in total. The molecule has 144 valence electrons. The van der Waals surface area contributed by atoms with Gasteiger partial charge in [0.2, 0.25) is 12.1 Å². The van der Waals surface area contributed by atoms with Crippen LogP contribution in [0.15, 0.2) is 42.6 Å². The van der Waals surface area contributed by atoms with E-state index in [4.69, 9.17) is 4.74 Å². The van der Waals surface area contributed by atoms with Gasteiger partial charge in [0.1, 0.15) is 5.75 Å². The number of benzene rings is 1. The van der Waals surface area contributed by atoms with Crippen molar-refractivity contribution in [2.45, 2.75) is 45.4 Å². The van der Waals surface area contributed by atoms with Crippen molar-refractivity contribution in [3.05, 3.63) is 48.2 Å². The number of nitrogens with zero attached hydrogens (tertiary/aromatic N) is 1. The van der Waals surface area contributed by atoms with Crippen LogP contribution in [0.5, 0.6) is 5.75 Å². The lowest BCUT2D eigenvalue weighted by Crippen LogP contribution is -2.34. The molecule has 2 N–H and O–H groups in total. The first-order chi connectivity index (χ1) is 13.2. The normalized spacial score (nSPS) is 14.3. The first kappa shape index (κ1) is 19.2. The van der Waals surface area contributed by atoms with E-state index in [1.54, 1.807) is 6.20 Å². The van der Waals surface area contributed by atoms with E-state index in [-0.39, 0.29) is 12.3 Å². The summed E-state index contributed by atoms with van der Waals surface area (Å²) in [7, 11) is 0. The van der Waals surface area contributed by atoms with E-state index in [9.17, 15) is 10.0 Å². The number of ether oxygens (including phenoxy) is 1. The molecule has 0 unspecified atom stereocenters. The van der Waals surface area contributed by atoms with E-state index in [2.05, 4.69) is 5.32 Å². The summed E-state index contributed by atoms with van der Waals surface area (Å²) in [5, 5.41) is 13.3. The van der Waals surface area contributed by atoms with Crippen LogP contribution < -0.4 is 14.8 Å². The quantitative estimate of drug-likeness (QED) is 0.553. The maximum Gasteiger partial charge on any atom is 0.264 e. The molecule has 1 saturated carbocycles. The molecule has 1 fully saturated rings. The van der Waals surface area contributed by atoms with Crippen molar-refractivity contribution in [1.29, 1.82) is 0 Å². The number of rotatable bonds is 8. The molecule has 0 saturated heterocycles. The van der Waals surface area contributed by atoms with Crippen LogP contribution in [0.4, 0.5) is 0 Å². The fourth-order valence-electron chi connectivity index (χ4n) is 3.72. The van der Waals surface area contributed by atoms with E-state index in [0.29, 0.717) is 12.3 Å². The van der Waals surface area contributed by atoms with Gasteiger partial charge in [-0.15, -0.1) is 0 Å². The third-order valence-corrected chi connectivity index (χ3v) is 5.17. The smallest absolute Gasteiger partial charge is 0.264 e. The molecule has 1 amide bonds. The summed E-state index contributed by atoms with van der Waals surface area (Å²) < 4.78 is 6.52. The fourth-order valence-corrected chi connectivity index (χ4v) is 3.72. The molecule has 1 heterocycles.